The molecule has 1 aliphatic rings. The molecule has 0 spiro atoms. The third kappa shape index (κ3) is 9.53. The van der Waals surface area contributed by atoms with Crippen molar-refractivity contribution in [2.45, 2.75) is 39.7 Å². The molecule has 0 bridgehead atoms. The lowest BCUT2D eigenvalue weighted by Gasteiger charge is -2.36. The lowest BCUT2D eigenvalue weighted by molar-refractivity contribution is -0.134. The smallest absolute Gasteiger partial charge is 0.409 e. The van der Waals surface area contributed by atoms with E-state index >= 15 is 0 Å². The molecule has 2 aromatic rings. The van der Waals surface area contributed by atoms with Gasteiger partial charge in [-0.05, 0) is 32.4 Å². The molecule has 2 heterocycles. The maximum absolute atomic E-state index is 13.7. The number of carbonyl (C=O) groups is 3. The molecule has 1 saturated heterocycles. The SMILES string of the molecule is CCCCOC(=O)N1CCN(C(=O)[C@H](CP(=O)(OCC)OCC)NC(=O)c2cc(Cl)cc(-c3ccccc3)n2)CC1. The fraction of sp³-hybridized carbons (Fsp3) is 0.500. The summed E-state index contributed by atoms with van der Waals surface area (Å²) in [5.74, 6) is -1.14. The number of nitrogens with zero attached hydrogens (tertiary/aromatic N) is 3. The highest BCUT2D eigenvalue weighted by molar-refractivity contribution is 7.54. The standard InChI is InChI=1S/C28H38ClN4O7P/c1-4-7-17-38-28(36)33-15-13-32(14-16-33)27(35)25(20-41(37,39-5-2)40-6-3)31-26(34)24-19-22(29)18-23(30-24)21-11-9-8-10-12-21/h8-12,18-19,25H,4-7,13-17,20H2,1-3H3,(H,31,34)/t25-/m0/s1. The molecule has 0 aliphatic carbocycles. The van der Waals surface area contributed by atoms with Crippen LogP contribution in [0.5, 0.6) is 0 Å². The van der Waals surface area contributed by atoms with Crippen LogP contribution in [0.25, 0.3) is 11.3 Å². The number of benzene rings is 1. The number of aromatic nitrogens is 1. The van der Waals surface area contributed by atoms with Crippen LogP contribution in [-0.4, -0.2) is 90.9 Å². The average molecular weight is 609 g/mol. The fourth-order valence-electron chi connectivity index (χ4n) is 4.27. The summed E-state index contributed by atoms with van der Waals surface area (Å²) in [5.41, 5.74) is 1.25. The van der Waals surface area contributed by atoms with E-state index in [0.717, 1.165) is 18.4 Å². The second-order valence-electron chi connectivity index (χ2n) is 9.36. The summed E-state index contributed by atoms with van der Waals surface area (Å²) >= 11 is 6.31. The van der Waals surface area contributed by atoms with E-state index in [1.54, 1.807) is 24.8 Å². The Morgan fingerprint density at radius 2 is 1.63 bits per heavy atom. The molecule has 1 fully saturated rings. The van der Waals surface area contributed by atoms with Gasteiger partial charge in [-0.2, -0.15) is 0 Å². The summed E-state index contributed by atoms with van der Waals surface area (Å²) in [6, 6.07) is 11.0. The lowest BCUT2D eigenvalue weighted by Crippen LogP contribution is -2.57. The highest BCUT2D eigenvalue weighted by atomic mass is 35.5. The molecule has 1 aromatic heterocycles. The Morgan fingerprint density at radius 3 is 2.24 bits per heavy atom. The van der Waals surface area contributed by atoms with Gasteiger partial charge in [-0.15, -0.1) is 0 Å². The van der Waals surface area contributed by atoms with E-state index < -0.39 is 31.5 Å². The van der Waals surface area contributed by atoms with E-state index in [4.69, 9.17) is 25.4 Å². The molecule has 11 nitrogen and oxygen atoms in total. The molecule has 0 radical (unpaired) electrons. The Balaban J connectivity index is 1.79. The molecule has 1 N–H and O–H groups in total. The number of piperazine rings is 1. The first-order valence-corrected chi connectivity index (χ1v) is 15.9. The van der Waals surface area contributed by atoms with Gasteiger partial charge in [0.1, 0.15) is 11.7 Å². The van der Waals surface area contributed by atoms with Gasteiger partial charge in [0.05, 0.1) is 31.7 Å². The van der Waals surface area contributed by atoms with Crippen molar-refractivity contribution in [2.75, 3.05) is 52.2 Å². The maximum atomic E-state index is 13.7. The summed E-state index contributed by atoms with van der Waals surface area (Å²) in [7, 11) is -3.73. The van der Waals surface area contributed by atoms with Crippen LogP contribution in [0, 0.1) is 0 Å². The number of unbranched alkanes of at least 4 members (excludes halogenated alkanes) is 1. The fourth-order valence-corrected chi connectivity index (χ4v) is 6.25. The number of rotatable bonds is 13. The number of ether oxygens (including phenoxy) is 1. The maximum Gasteiger partial charge on any atom is 0.409 e. The minimum atomic E-state index is -3.73. The average Bonchev–Trinajstić information content (AvgIpc) is 2.97. The number of halogens is 1. The Morgan fingerprint density at radius 1 is 1.00 bits per heavy atom. The topological polar surface area (TPSA) is 127 Å². The second kappa shape index (κ2) is 15.9. The first-order chi connectivity index (χ1) is 19.7. The van der Waals surface area contributed by atoms with Crippen LogP contribution in [0.15, 0.2) is 42.5 Å². The van der Waals surface area contributed by atoms with Crippen molar-refractivity contribution in [1.82, 2.24) is 20.1 Å². The largest absolute Gasteiger partial charge is 0.449 e. The Hall–Kier alpha value is -2.98. The summed E-state index contributed by atoms with van der Waals surface area (Å²) in [6.45, 7) is 6.85. The van der Waals surface area contributed by atoms with Gasteiger partial charge in [0, 0.05) is 36.8 Å². The number of nitrogens with one attached hydrogen (secondary N) is 1. The number of hydrogen-bond donors (Lipinski definition) is 1. The quantitative estimate of drug-likeness (QED) is 0.253. The minimum Gasteiger partial charge on any atom is -0.449 e. The van der Waals surface area contributed by atoms with E-state index in [1.807, 2.05) is 37.3 Å². The molecular formula is C28H38ClN4O7P. The monoisotopic (exact) mass is 608 g/mol. The van der Waals surface area contributed by atoms with Crippen LogP contribution in [0.4, 0.5) is 4.79 Å². The Kier molecular flexibility index (Phi) is 12.6. The molecule has 0 saturated carbocycles. The van der Waals surface area contributed by atoms with Crippen molar-refractivity contribution in [3.05, 3.63) is 53.2 Å². The summed E-state index contributed by atoms with van der Waals surface area (Å²) < 4.78 is 29.5. The van der Waals surface area contributed by atoms with Crippen LogP contribution in [-0.2, 0) is 23.1 Å². The molecular weight excluding hydrogens is 571 g/mol. The third-order valence-corrected chi connectivity index (χ3v) is 8.66. The van der Waals surface area contributed by atoms with Gasteiger partial charge in [0.25, 0.3) is 5.91 Å². The van der Waals surface area contributed by atoms with E-state index in [9.17, 15) is 18.9 Å². The Labute approximate surface area is 246 Å². The van der Waals surface area contributed by atoms with Gasteiger partial charge in [0.15, 0.2) is 0 Å². The van der Waals surface area contributed by atoms with E-state index in [1.165, 1.54) is 11.0 Å². The molecule has 3 rings (SSSR count). The van der Waals surface area contributed by atoms with Gasteiger partial charge in [0.2, 0.25) is 5.91 Å². The van der Waals surface area contributed by atoms with Gasteiger partial charge >= 0.3 is 13.7 Å². The Bertz CT molecular complexity index is 1220. The van der Waals surface area contributed by atoms with Crippen LogP contribution in [0.2, 0.25) is 5.02 Å². The number of amides is 3. The minimum absolute atomic E-state index is 0.00329. The van der Waals surface area contributed by atoms with Gasteiger partial charge in [-0.1, -0.05) is 55.3 Å². The molecule has 1 aliphatic heterocycles. The second-order valence-corrected chi connectivity index (χ2v) is 11.9. The highest BCUT2D eigenvalue weighted by Crippen LogP contribution is 2.48. The molecule has 13 heteroatoms. The van der Waals surface area contributed by atoms with E-state index in [0.29, 0.717) is 17.3 Å². The van der Waals surface area contributed by atoms with Crippen molar-refractivity contribution in [3.63, 3.8) is 0 Å². The predicted molar refractivity (Wildman–Crippen MR) is 156 cm³/mol. The predicted octanol–water partition coefficient (Wildman–Crippen LogP) is 4.85. The first kappa shape index (κ1) is 32.5. The molecule has 0 unspecified atom stereocenters. The molecule has 1 aromatic carbocycles. The zero-order valence-electron chi connectivity index (χ0n) is 23.7. The van der Waals surface area contributed by atoms with Gasteiger partial charge in [-0.3, -0.25) is 14.2 Å². The van der Waals surface area contributed by atoms with Crippen molar-refractivity contribution >= 4 is 37.1 Å². The summed E-state index contributed by atoms with van der Waals surface area (Å²) in [4.78, 5) is 46.9. The zero-order chi connectivity index (χ0) is 29.8. The summed E-state index contributed by atoms with van der Waals surface area (Å²) in [6.07, 6.45) is 0.896. The van der Waals surface area contributed by atoms with Crippen LogP contribution in [0.1, 0.15) is 44.1 Å². The van der Waals surface area contributed by atoms with Crippen LogP contribution < -0.4 is 5.32 Å². The molecule has 224 valence electrons. The molecule has 41 heavy (non-hydrogen) atoms. The van der Waals surface area contributed by atoms with E-state index in [2.05, 4.69) is 10.3 Å². The van der Waals surface area contributed by atoms with Gasteiger partial charge < -0.3 is 28.9 Å². The van der Waals surface area contributed by atoms with E-state index in [-0.39, 0.29) is 51.2 Å². The number of hydrogen-bond acceptors (Lipinski definition) is 8. The molecule has 1 atom stereocenters. The lowest BCUT2D eigenvalue weighted by atomic mass is 10.1. The number of pyridine rings is 1. The first-order valence-electron chi connectivity index (χ1n) is 13.8. The van der Waals surface area contributed by atoms with Crippen LogP contribution >= 0.6 is 19.2 Å². The number of carbonyl (C=O) groups excluding carboxylic acids is 3. The van der Waals surface area contributed by atoms with Gasteiger partial charge in [-0.25, -0.2) is 9.78 Å². The van der Waals surface area contributed by atoms with Crippen molar-refractivity contribution < 1.29 is 32.7 Å². The van der Waals surface area contributed by atoms with Crippen molar-refractivity contribution in [3.8, 4) is 11.3 Å². The van der Waals surface area contributed by atoms with Crippen molar-refractivity contribution in [1.29, 1.82) is 0 Å². The highest BCUT2D eigenvalue weighted by Gasteiger charge is 2.37. The summed E-state index contributed by atoms with van der Waals surface area (Å²) in [5, 5.41) is 2.98. The van der Waals surface area contributed by atoms with Crippen LogP contribution in [0.3, 0.4) is 0 Å². The normalized spacial score (nSPS) is 14.4. The van der Waals surface area contributed by atoms with Crippen molar-refractivity contribution in [2.24, 2.45) is 0 Å². The molecule has 3 amide bonds. The zero-order valence-corrected chi connectivity index (χ0v) is 25.4. The third-order valence-electron chi connectivity index (χ3n) is 6.33.